The van der Waals surface area contributed by atoms with Gasteiger partial charge in [-0.15, -0.1) is 0 Å². The van der Waals surface area contributed by atoms with Gasteiger partial charge in [-0.2, -0.15) is 0 Å². The summed E-state index contributed by atoms with van der Waals surface area (Å²) in [6.45, 7) is 11.9. The van der Waals surface area contributed by atoms with Crippen LogP contribution in [0.15, 0.2) is 47.6 Å². The van der Waals surface area contributed by atoms with Crippen LogP contribution in [0.25, 0.3) is 0 Å². The fourth-order valence-corrected chi connectivity index (χ4v) is 3.80. The second-order valence-electron chi connectivity index (χ2n) is 7.96. The second-order valence-corrected chi connectivity index (χ2v) is 7.96. The Balaban J connectivity index is 1.56. The third-order valence-electron chi connectivity index (χ3n) is 5.39. The van der Waals surface area contributed by atoms with E-state index >= 15 is 0 Å². The fourth-order valence-electron chi connectivity index (χ4n) is 3.80. The summed E-state index contributed by atoms with van der Waals surface area (Å²) in [5.41, 5.74) is 1.05. The Morgan fingerprint density at radius 2 is 1.84 bits per heavy atom. The molecule has 1 aliphatic heterocycles. The zero-order valence-corrected chi connectivity index (χ0v) is 19.6. The van der Waals surface area contributed by atoms with Crippen LogP contribution < -0.4 is 20.1 Å². The van der Waals surface area contributed by atoms with E-state index in [2.05, 4.69) is 34.4 Å². The Morgan fingerprint density at radius 1 is 1.09 bits per heavy atom. The van der Waals surface area contributed by atoms with Gasteiger partial charge in [0, 0.05) is 37.9 Å². The molecule has 0 atom stereocenters. The van der Waals surface area contributed by atoms with E-state index in [1.54, 1.807) is 6.20 Å². The summed E-state index contributed by atoms with van der Waals surface area (Å²) in [5.74, 6) is 2.98. The number of ether oxygens (including phenoxy) is 2. The van der Waals surface area contributed by atoms with E-state index in [0.29, 0.717) is 25.1 Å². The smallest absolute Gasteiger partial charge is 0.219 e. The number of piperidine rings is 1. The minimum absolute atomic E-state index is 0.469. The second kappa shape index (κ2) is 12.9. The average Bonchev–Trinajstić information content (AvgIpc) is 2.81. The maximum atomic E-state index is 5.91. The predicted molar refractivity (Wildman–Crippen MR) is 130 cm³/mol. The van der Waals surface area contributed by atoms with Crippen LogP contribution in [0.5, 0.6) is 17.4 Å². The summed E-state index contributed by atoms with van der Waals surface area (Å²) in [6, 6.07) is 11.9. The Hall–Kier alpha value is -2.80. The predicted octanol–water partition coefficient (Wildman–Crippen LogP) is 4.20. The zero-order chi connectivity index (χ0) is 22.6. The highest BCUT2D eigenvalue weighted by Crippen LogP contribution is 2.23. The van der Waals surface area contributed by atoms with Crippen LogP contribution in [0.2, 0.25) is 0 Å². The number of nitrogens with zero attached hydrogens (tertiary/aromatic N) is 3. The molecule has 0 amide bonds. The molecule has 0 unspecified atom stereocenters. The monoisotopic (exact) mass is 439 g/mol. The molecule has 174 valence electrons. The Labute approximate surface area is 192 Å². The summed E-state index contributed by atoms with van der Waals surface area (Å²) in [6.07, 6.45) is 5.29. The lowest BCUT2D eigenvalue weighted by Gasteiger charge is -2.32. The molecule has 2 aromatic rings. The molecule has 2 N–H and O–H groups in total. The number of nitrogens with one attached hydrogen (secondary N) is 2. The van der Waals surface area contributed by atoms with E-state index in [1.807, 2.05) is 43.3 Å². The van der Waals surface area contributed by atoms with Crippen LogP contribution >= 0.6 is 0 Å². The Kier molecular flexibility index (Phi) is 9.62. The first kappa shape index (κ1) is 23.9. The van der Waals surface area contributed by atoms with Crippen molar-refractivity contribution in [2.24, 2.45) is 4.99 Å². The van der Waals surface area contributed by atoms with E-state index in [-0.39, 0.29) is 0 Å². The highest BCUT2D eigenvalue weighted by Gasteiger charge is 2.19. The first-order valence-electron chi connectivity index (χ1n) is 11.8. The quantitative estimate of drug-likeness (QED) is 0.427. The van der Waals surface area contributed by atoms with Crippen LogP contribution in [0.1, 0.15) is 45.6 Å². The van der Waals surface area contributed by atoms with Crippen molar-refractivity contribution in [1.29, 1.82) is 0 Å². The SMILES string of the molecule is CCCN1CCC(NC(=NCc2ccnc(Oc3ccc(OCC)cc3)c2)NCC)CC1. The number of aliphatic imine (C=N–C) groups is 1. The van der Waals surface area contributed by atoms with Crippen LogP contribution in [0, 0.1) is 0 Å². The lowest BCUT2D eigenvalue weighted by atomic mass is 10.1. The van der Waals surface area contributed by atoms with E-state index < -0.39 is 0 Å². The molecule has 0 bridgehead atoms. The summed E-state index contributed by atoms with van der Waals surface area (Å²) >= 11 is 0. The first-order valence-corrected chi connectivity index (χ1v) is 11.8. The van der Waals surface area contributed by atoms with Crippen LogP contribution in [-0.2, 0) is 6.54 Å². The highest BCUT2D eigenvalue weighted by molar-refractivity contribution is 5.80. The number of benzene rings is 1. The minimum Gasteiger partial charge on any atom is -0.494 e. The molecule has 0 saturated carbocycles. The van der Waals surface area contributed by atoms with Crippen molar-refractivity contribution in [2.75, 3.05) is 32.8 Å². The van der Waals surface area contributed by atoms with Gasteiger partial charge in [0.15, 0.2) is 5.96 Å². The van der Waals surface area contributed by atoms with Gasteiger partial charge in [-0.3, -0.25) is 0 Å². The van der Waals surface area contributed by atoms with Gasteiger partial charge >= 0.3 is 0 Å². The average molecular weight is 440 g/mol. The fraction of sp³-hybridized carbons (Fsp3) is 0.520. The largest absolute Gasteiger partial charge is 0.494 e. The molecule has 0 aliphatic carbocycles. The molecule has 7 heteroatoms. The first-order chi connectivity index (χ1) is 15.7. The number of aromatic nitrogens is 1. The van der Waals surface area contributed by atoms with E-state index in [4.69, 9.17) is 14.5 Å². The van der Waals surface area contributed by atoms with Crippen LogP contribution in [0.3, 0.4) is 0 Å². The topological polar surface area (TPSA) is 71.0 Å². The maximum Gasteiger partial charge on any atom is 0.219 e. The number of guanidine groups is 1. The van der Waals surface area contributed by atoms with E-state index in [9.17, 15) is 0 Å². The molecule has 1 fully saturated rings. The van der Waals surface area contributed by atoms with Gasteiger partial charge in [-0.25, -0.2) is 9.98 Å². The van der Waals surface area contributed by atoms with Crippen LogP contribution in [0.4, 0.5) is 0 Å². The summed E-state index contributed by atoms with van der Waals surface area (Å²) in [5, 5.41) is 6.99. The van der Waals surface area contributed by atoms with Crippen molar-refractivity contribution < 1.29 is 9.47 Å². The number of likely N-dealkylation sites (tertiary alicyclic amines) is 1. The maximum absolute atomic E-state index is 5.91. The van der Waals surface area contributed by atoms with Gasteiger partial charge in [0.05, 0.1) is 13.2 Å². The van der Waals surface area contributed by atoms with Gasteiger partial charge in [-0.05, 0) is 75.5 Å². The zero-order valence-electron chi connectivity index (χ0n) is 19.6. The van der Waals surface area contributed by atoms with Crippen molar-refractivity contribution in [3.05, 3.63) is 48.2 Å². The lowest BCUT2D eigenvalue weighted by molar-refractivity contribution is 0.206. The number of pyridine rings is 1. The van der Waals surface area contributed by atoms with Gasteiger partial charge in [0.1, 0.15) is 11.5 Å². The summed E-state index contributed by atoms with van der Waals surface area (Å²) < 4.78 is 11.4. The molecule has 0 spiro atoms. The van der Waals surface area contributed by atoms with Crippen molar-refractivity contribution in [1.82, 2.24) is 20.5 Å². The van der Waals surface area contributed by atoms with Crippen molar-refractivity contribution in [3.8, 4) is 17.4 Å². The molecule has 1 saturated heterocycles. The van der Waals surface area contributed by atoms with Gasteiger partial charge < -0.3 is 25.0 Å². The van der Waals surface area contributed by atoms with Gasteiger partial charge in [0.25, 0.3) is 0 Å². The van der Waals surface area contributed by atoms with E-state index in [0.717, 1.165) is 55.5 Å². The lowest BCUT2D eigenvalue weighted by Crippen LogP contribution is -2.48. The van der Waals surface area contributed by atoms with Crippen molar-refractivity contribution >= 4 is 5.96 Å². The Bertz CT molecular complexity index is 832. The van der Waals surface area contributed by atoms with Gasteiger partial charge in [-0.1, -0.05) is 6.92 Å². The molecule has 32 heavy (non-hydrogen) atoms. The molecule has 1 aromatic heterocycles. The van der Waals surface area contributed by atoms with E-state index in [1.165, 1.54) is 13.0 Å². The minimum atomic E-state index is 0.469. The summed E-state index contributed by atoms with van der Waals surface area (Å²) in [7, 11) is 0. The van der Waals surface area contributed by atoms with Crippen molar-refractivity contribution in [3.63, 3.8) is 0 Å². The molecular formula is C25H37N5O2. The van der Waals surface area contributed by atoms with Crippen LogP contribution in [-0.4, -0.2) is 54.7 Å². The molecule has 2 heterocycles. The molecule has 3 rings (SSSR count). The molecule has 1 aliphatic rings. The highest BCUT2D eigenvalue weighted by atomic mass is 16.5. The summed E-state index contributed by atoms with van der Waals surface area (Å²) in [4.78, 5) is 11.7. The Morgan fingerprint density at radius 3 is 2.53 bits per heavy atom. The van der Waals surface area contributed by atoms with Crippen molar-refractivity contribution in [2.45, 2.75) is 52.6 Å². The third kappa shape index (κ3) is 7.71. The normalized spacial score (nSPS) is 15.4. The molecule has 0 radical (unpaired) electrons. The number of hydrogen-bond donors (Lipinski definition) is 2. The standard InChI is InChI=1S/C25H37N5O2/c1-4-15-30-16-12-21(13-17-30)29-25(26-5-2)28-19-20-11-14-27-24(18-20)32-23-9-7-22(8-10-23)31-6-3/h7-11,14,18,21H,4-6,12-13,15-17,19H2,1-3H3,(H2,26,28,29). The number of rotatable bonds is 10. The third-order valence-corrected chi connectivity index (χ3v) is 5.39. The van der Waals surface area contributed by atoms with Gasteiger partial charge in [0.2, 0.25) is 5.88 Å². The molecule has 7 nitrogen and oxygen atoms in total. The molecular weight excluding hydrogens is 402 g/mol. The number of hydrogen-bond acceptors (Lipinski definition) is 5. The molecule has 1 aromatic carbocycles.